The maximum Gasteiger partial charge on any atom is 1.00 e. The van der Waals surface area contributed by atoms with Gasteiger partial charge in [0.05, 0.1) is 37.1 Å². The van der Waals surface area contributed by atoms with Gasteiger partial charge in [-0.05, 0) is 37.6 Å². The fourth-order valence-electron chi connectivity index (χ4n) is 4.29. The molecule has 2 saturated heterocycles. The van der Waals surface area contributed by atoms with Gasteiger partial charge in [0.1, 0.15) is 0 Å². The van der Waals surface area contributed by atoms with E-state index >= 15 is 0 Å². The molecule has 0 radical (unpaired) electrons. The van der Waals surface area contributed by atoms with Crippen molar-refractivity contribution < 1.29 is 68.3 Å². The summed E-state index contributed by atoms with van der Waals surface area (Å²) in [5, 5.41) is 20.0. The van der Waals surface area contributed by atoms with Crippen LogP contribution in [0.1, 0.15) is 59.8 Å². The van der Waals surface area contributed by atoms with Crippen LogP contribution in [-0.2, 0) is 19.2 Å². The molecule has 0 aromatic carbocycles. The van der Waals surface area contributed by atoms with E-state index in [1.165, 1.54) is 36.2 Å². The average molecular weight is 557 g/mol. The first-order valence-electron chi connectivity index (χ1n) is 12.7. The third kappa shape index (κ3) is 15.2. The first kappa shape index (κ1) is 38.7. The summed E-state index contributed by atoms with van der Waals surface area (Å²) < 4.78 is 21.2. The molecule has 3 fully saturated rings. The summed E-state index contributed by atoms with van der Waals surface area (Å²) in [5.41, 5.74) is 6.03. The van der Waals surface area contributed by atoms with Crippen molar-refractivity contribution in [3.8, 4) is 0 Å². The van der Waals surface area contributed by atoms with E-state index in [4.69, 9.17) is 26.2 Å². The summed E-state index contributed by atoms with van der Waals surface area (Å²) >= 11 is 0. The largest absolute Gasteiger partial charge is 1.00 e. The van der Waals surface area contributed by atoms with Crippen LogP contribution >= 0.6 is 0 Å². The molecule has 2 heterocycles. The van der Waals surface area contributed by atoms with Gasteiger partial charge in [0.25, 0.3) is 0 Å². The Bertz CT molecular complexity index is 735. The van der Waals surface area contributed by atoms with Gasteiger partial charge in [-0.15, -0.1) is 0 Å². The van der Waals surface area contributed by atoms with Gasteiger partial charge < -0.3 is 40.1 Å². The number of hydrogen-bond acceptors (Lipinski definition) is 9. The predicted octanol–water partition coefficient (Wildman–Crippen LogP) is -0.815. The average Bonchev–Trinajstić information content (AvgIpc) is 3.61. The SMILES string of the molecule is CC.COC1CCCCC1C1O[C@@H]1CC=C(C)C.COF.N/C(=C\N(N)CC1CN(C(=O)O)C1)C(=O)[O-].[Na+]. The zero-order valence-corrected chi connectivity index (χ0v) is 26.0. The van der Waals surface area contributed by atoms with Crippen molar-refractivity contribution in [1.29, 1.82) is 0 Å². The summed E-state index contributed by atoms with van der Waals surface area (Å²) in [5.74, 6) is 4.71. The molecule has 0 aromatic rings. The van der Waals surface area contributed by atoms with Gasteiger partial charge >= 0.3 is 35.7 Å². The van der Waals surface area contributed by atoms with Gasteiger partial charge in [-0.2, -0.15) is 4.94 Å². The fourth-order valence-corrected chi connectivity index (χ4v) is 4.29. The Labute approximate surface area is 248 Å². The van der Waals surface area contributed by atoms with Crippen LogP contribution in [0.3, 0.4) is 0 Å². The number of allylic oxidation sites excluding steroid dienone is 1. The molecule has 3 rings (SSSR count). The number of carbonyl (C=O) groups excluding carboxylic acids is 1. The number of halogens is 1. The van der Waals surface area contributed by atoms with Crippen LogP contribution < -0.4 is 46.2 Å². The summed E-state index contributed by atoms with van der Waals surface area (Å²) in [7, 11) is 2.80. The van der Waals surface area contributed by atoms with Crippen LogP contribution in [0.15, 0.2) is 23.5 Å². The van der Waals surface area contributed by atoms with Crippen LogP contribution in [0.5, 0.6) is 0 Å². The molecule has 1 saturated carbocycles. The molecule has 2 aliphatic heterocycles. The molecule has 0 aromatic heterocycles. The molecule has 4 atom stereocenters. The van der Waals surface area contributed by atoms with Gasteiger partial charge in [0, 0.05) is 44.8 Å². The number of aliphatic carboxylic acids is 1. The summed E-state index contributed by atoms with van der Waals surface area (Å²) in [6.07, 6.45) is 10.0. The van der Waals surface area contributed by atoms with Crippen LogP contribution in [0.2, 0.25) is 0 Å². The Morgan fingerprint density at radius 3 is 2.24 bits per heavy atom. The van der Waals surface area contributed by atoms with Crippen molar-refractivity contribution >= 4 is 12.1 Å². The van der Waals surface area contributed by atoms with Crippen LogP contribution in [-0.4, -0.2) is 79.2 Å². The number of likely N-dealkylation sites (tertiary alicyclic amines) is 1. The van der Waals surface area contributed by atoms with Crippen LogP contribution in [0.4, 0.5) is 9.32 Å². The Balaban J connectivity index is 0. The Morgan fingerprint density at radius 1 is 1.21 bits per heavy atom. The Morgan fingerprint density at radius 2 is 1.76 bits per heavy atom. The molecule has 1 aliphatic carbocycles. The molecule has 5 N–H and O–H groups in total. The molecule has 216 valence electrons. The normalized spacial score (nSPS) is 23.8. The summed E-state index contributed by atoms with van der Waals surface area (Å²) in [6, 6.07) is 0. The van der Waals surface area contributed by atoms with E-state index in [1.54, 1.807) is 0 Å². The molecule has 1 amide bonds. The zero-order valence-electron chi connectivity index (χ0n) is 24.0. The van der Waals surface area contributed by atoms with Gasteiger partial charge in [-0.1, -0.05) is 38.3 Å². The van der Waals surface area contributed by atoms with Crippen LogP contribution in [0, 0.1) is 11.8 Å². The molecular weight excluding hydrogens is 510 g/mol. The van der Waals surface area contributed by atoms with Crippen molar-refractivity contribution in [2.75, 3.05) is 33.9 Å². The molecular formula is C25H46FN4NaO7. The van der Waals surface area contributed by atoms with E-state index in [-0.39, 0.29) is 35.5 Å². The third-order valence-corrected chi connectivity index (χ3v) is 6.10. The zero-order chi connectivity index (χ0) is 28.5. The monoisotopic (exact) mass is 556 g/mol. The van der Waals surface area contributed by atoms with E-state index in [1.807, 2.05) is 21.0 Å². The number of methoxy groups -OCH3 is 1. The van der Waals surface area contributed by atoms with Crippen molar-refractivity contribution in [1.82, 2.24) is 9.91 Å². The second kappa shape index (κ2) is 21.4. The van der Waals surface area contributed by atoms with Gasteiger partial charge in [-0.3, -0.25) is 0 Å². The van der Waals surface area contributed by atoms with E-state index in [9.17, 15) is 19.2 Å². The maximum absolute atomic E-state index is 10.4. The Kier molecular flexibility index (Phi) is 21.8. The van der Waals surface area contributed by atoms with Gasteiger partial charge in [-0.25, -0.2) is 10.6 Å². The summed E-state index contributed by atoms with van der Waals surface area (Å²) in [6.45, 7) is 9.42. The van der Waals surface area contributed by atoms with Crippen LogP contribution in [0.25, 0.3) is 0 Å². The predicted molar refractivity (Wildman–Crippen MR) is 136 cm³/mol. The van der Waals surface area contributed by atoms with Gasteiger partial charge in [0.2, 0.25) is 0 Å². The summed E-state index contributed by atoms with van der Waals surface area (Å²) in [4.78, 5) is 24.7. The second-order valence-corrected chi connectivity index (χ2v) is 9.16. The minimum Gasteiger partial charge on any atom is -0.543 e. The third-order valence-electron chi connectivity index (χ3n) is 6.10. The van der Waals surface area contributed by atoms with Crippen molar-refractivity contribution in [2.24, 2.45) is 23.4 Å². The smallest absolute Gasteiger partial charge is 0.543 e. The van der Waals surface area contributed by atoms with Crippen molar-refractivity contribution in [3.63, 3.8) is 0 Å². The number of carbonyl (C=O) groups is 2. The number of rotatable bonds is 8. The number of hydrogen-bond donors (Lipinski definition) is 3. The first-order valence-corrected chi connectivity index (χ1v) is 12.7. The number of ether oxygens (including phenoxy) is 2. The van der Waals surface area contributed by atoms with E-state index < -0.39 is 17.8 Å². The van der Waals surface area contributed by atoms with Gasteiger partial charge in [0.15, 0.2) is 0 Å². The number of nitrogens with zero attached hydrogens (tertiary/aromatic N) is 2. The topological polar surface area (TPSA) is 167 Å². The minimum atomic E-state index is -1.49. The maximum atomic E-state index is 10.4. The number of hydrazine groups is 1. The molecule has 38 heavy (non-hydrogen) atoms. The second-order valence-electron chi connectivity index (χ2n) is 9.16. The molecule has 0 bridgehead atoms. The quantitative estimate of drug-likeness (QED) is 0.0859. The number of carboxylic acids is 1. The Hall–Kier alpha value is -1.41. The molecule has 13 heteroatoms. The molecule has 0 spiro atoms. The number of amides is 1. The van der Waals surface area contributed by atoms with E-state index in [0.717, 1.165) is 24.7 Å². The molecule has 3 aliphatic rings. The van der Waals surface area contributed by atoms with E-state index in [0.29, 0.717) is 43.9 Å². The standard InChI is InChI=1S/C14H24O2.C8H14N4O4.C2H6.CH3FO.Na/c1-10(2)8-9-13-14(16-13)11-6-4-5-7-12(11)15-3;9-6(7(13)14)4-12(10)3-5-1-11(2-5)8(15)16;1-2;1-3-2;/h8,11-14H,4-7,9H2,1-3H3;4-5H,1-3,9-10H2,(H,13,14)(H,15,16);1-2H3;1H3;/q;;;;+1/p-1/b;6-4-;;;/t11?,12?,13-,14?;;;;/m1..../s1. The number of nitrogens with two attached hydrogens (primary N) is 2. The minimum absolute atomic E-state index is 0. The molecule has 11 nitrogen and oxygen atoms in total. The number of epoxide rings is 1. The van der Waals surface area contributed by atoms with Crippen molar-refractivity contribution in [2.45, 2.75) is 78.1 Å². The number of carboxylic acid groups (broad SMARTS) is 2. The van der Waals surface area contributed by atoms with Crippen molar-refractivity contribution in [3.05, 3.63) is 23.5 Å². The first-order chi connectivity index (χ1) is 17.5. The fraction of sp³-hybridized carbons (Fsp3) is 0.760. The van der Waals surface area contributed by atoms with E-state index in [2.05, 4.69) is 24.9 Å². The molecule has 3 unspecified atom stereocenters.